The number of carbonyl (C=O) groups is 1. The van der Waals surface area contributed by atoms with Crippen molar-refractivity contribution in [2.75, 3.05) is 6.61 Å². The molecule has 1 amide bonds. The first-order chi connectivity index (χ1) is 10.2. The van der Waals surface area contributed by atoms with Gasteiger partial charge in [-0.1, -0.05) is 28.9 Å². The second-order valence-corrected chi connectivity index (χ2v) is 7.91. The molecule has 22 heavy (non-hydrogen) atoms. The van der Waals surface area contributed by atoms with Crippen LogP contribution in [0, 0.1) is 12.8 Å². The van der Waals surface area contributed by atoms with Gasteiger partial charge in [0.05, 0.1) is 11.6 Å². The molecule has 2 atom stereocenters. The number of hydrogen-bond acceptors (Lipinski definition) is 2. The Morgan fingerprint density at radius 1 is 1.32 bits per heavy atom. The fourth-order valence-corrected chi connectivity index (χ4v) is 3.06. The van der Waals surface area contributed by atoms with E-state index in [1.54, 1.807) is 0 Å². The van der Waals surface area contributed by atoms with Gasteiger partial charge in [0.2, 0.25) is 6.41 Å². The van der Waals surface area contributed by atoms with E-state index in [4.69, 9.17) is 4.74 Å². The Morgan fingerprint density at radius 2 is 2.00 bits per heavy atom. The van der Waals surface area contributed by atoms with Gasteiger partial charge < -0.3 is 10.1 Å². The van der Waals surface area contributed by atoms with Gasteiger partial charge in [0, 0.05) is 11.1 Å². The van der Waals surface area contributed by atoms with Crippen LogP contribution < -0.4 is 5.32 Å². The van der Waals surface area contributed by atoms with Crippen LogP contribution in [0.5, 0.6) is 0 Å². The molecular weight excluding hydrogens is 342 g/mol. The zero-order valence-corrected chi connectivity index (χ0v) is 15.9. The third kappa shape index (κ3) is 7.41. The molecule has 0 saturated heterocycles. The highest BCUT2D eigenvalue weighted by molar-refractivity contribution is 9.10. The summed E-state index contributed by atoms with van der Waals surface area (Å²) in [5.74, 6) is 0.471. The maximum Gasteiger partial charge on any atom is 0.207 e. The fourth-order valence-electron chi connectivity index (χ4n) is 2.43. The molecule has 0 aromatic heterocycles. The summed E-state index contributed by atoms with van der Waals surface area (Å²) < 4.78 is 6.83. The van der Waals surface area contributed by atoms with Crippen LogP contribution in [0.1, 0.15) is 57.7 Å². The van der Waals surface area contributed by atoms with Gasteiger partial charge in [0.25, 0.3) is 0 Å². The van der Waals surface area contributed by atoms with Crippen molar-refractivity contribution in [2.45, 2.75) is 59.1 Å². The van der Waals surface area contributed by atoms with Gasteiger partial charge in [-0.25, -0.2) is 0 Å². The number of aryl methyl sites for hydroxylation is 1. The Hall–Kier alpha value is -0.870. The lowest BCUT2D eigenvalue weighted by molar-refractivity contribution is -0.110. The zero-order valence-electron chi connectivity index (χ0n) is 14.3. The zero-order chi connectivity index (χ0) is 16.8. The number of nitrogens with one attached hydrogen (secondary N) is 1. The Kier molecular flexibility index (Phi) is 7.57. The summed E-state index contributed by atoms with van der Waals surface area (Å²) in [6.07, 6.45) is 2.68. The summed E-state index contributed by atoms with van der Waals surface area (Å²) >= 11 is 3.53. The van der Waals surface area contributed by atoms with Gasteiger partial charge >= 0.3 is 0 Å². The molecule has 0 aliphatic rings. The summed E-state index contributed by atoms with van der Waals surface area (Å²) in [5, 5.41) is 2.95. The minimum atomic E-state index is -0.0957. The number of ether oxygens (including phenoxy) is 1. The largest absolute Gasteiger partial charge is 0.376 e. The third-order valence-corrected chi connectivity index (χ3v) is 3.98. The minimum Gasteiger partial charge on any atom is -0.376 e. The van der Waals surface area contributed by atoms with Crippen LogP contribution in [0.25, 0.3) is 0 Å². The highest BCUT2D eigenvalue weighted by atomic mass is 79.9. The topological polar surface area (TPSA) is 38.3 Å². The van der Waals surface area contributed by atoms with E-state index in [1.807, 2.05) is 0 Å². The SMILES string of the molecule is Cc1cc(Br)cc(C(CC(C)CCOC(C)(C)C)NC=O)c1. The van der Waals surface area contributed by atoms with Crippen molar-refractivity contribution in [3.63, 3.8) is 0 Å². The normalized spacial score (nSPS) is 14.5. The summed E-state index contributed by atoms with van der Waals surface area (Å²) in [6, 6.07) is 6.32. The highest BCUT2D eigenvalue weighted by Gasteiger charge is 2.17. The molecular formula is C18H28BrNO2. The molecule has 0 bridgehead atoms. The Balaban J connectivity index is 2.65. The molecule has 124 valence electrons. The maximum absolute atomic E-state index is 10.9. The van der Waals surface area contributed by atoms with E-state index in [0.717, 1.165) is 35.9 Å². The van der Waals surface area contributed by atoms with Crippen molar-refractivity contribution in [3.8, 4) is 0 Å². The lowest BCUT2D eigenvalue weighted by Crippen LogP contribution is -2.24. The molecule has 0 saturated carbocycles. The van der Waals surface area contributed by atoms with Gasteiger partial charge in [0.1, 0.15) is 0 Å². The van der Waals surface area contributed by atoms with E-state index >= 15 is 0 Å². The van der Waals surface area contributed by atoms with E-state index in [9.17, 15) is 4.79 Å². The highest BCUT2D eigenvalue weighted by Crippen LogP contribution is 2.26. The smallest absolute Gasteiger partial charge is 0.207 e. The van der Waals surface area contributed by atoms with Gasteiger partial charge in [-0.05, 0) is 69.7 Å². The fraction of sp³-hybridized carbons (Fsp3) is 0.611. The van der Waals surface area contributed by atoms with Crippen molar-refractivity contribution in [1.29, 1.82) is 0 Å². The van der Waals surface area contributed by atoms with E-state index < -0.39 is 0 Å². The van der Waals surface area contributed by atoms with Crippen molar-refractivity contribution in [1.82, 2.24) is 5.32 Å². The number of benzene rings is 1. The third-order valence-electron chi connectivity index (χ3n) is 3.52. The quantitative estimate of drug-likeness (QED) is 0.669. The maximum atomic E-state index is 10.9. The molecule has 2 unspecified atom stereocenters. The molecule has 4 heteroatoms. The molecule has 1 aromatic rings. The number of halogens is 1. The Bertz CT molecular complexity index is 462. The Morgan fingerprint density at radius 3 is 2.55 bits per heavy atom. The number of amides is 1. The van der Waals surface area contributed by atoms with Gasteiger partial charge in [-0.3, -0.25) is 4.79 Å². The van der Waals surface area contributed by atoms with Gasteiger partial charge in [-0.15, -0.1) is 0 Å². The molecule has 3 nitrogen and oxygen atoms in total. The molecule has 0 heterocycles. The molecule has 1 N–H and O–H groups in total. The van der Waals surface area contributed by atoms with Crippen molar-refractivity contribution in [3.05, 3.63) is 33.8 Å². The molecule has 1 aromatic carbocycles. The standard InChI is InChI=1S/C18H28BrNO2/c1-13(6-7-22-18(3,4)5)10-17(20-12-21)15-8-14(2)9-16(19)11-15/h8-9,11-13,17H,6-7,10H2,1-5H3,(H,20,21). The number of rotatable bonds is 8. The predicted molar refractivity (Wildman–Crippen MR) is 94.9 cm³/mol. The molecule has 0 aliphatic heterocycles. The van der Waals surface area contributed by atoms with E-state index in [2.05, 4.69) is 74.1 Å². The summed E-state index contributed by atoms with van der Waals surface area (Å²) in [4.78, 5) is 10.9. The molecule has 0 aliphatic carbocycles. The van der Waals surface area contributed by atoms with Crippen LogP contribution in [0.15, 0.2) is 22.7 Å². The van der Waals surface area contributed by atoms with Crippen LogP contribution in [-0.2, 0) is 9.53 Å². The average molecular weight is 370 g/mol. The number of hydrogen-bond donors (Lipinski definition) is 1. The van der Waals surface area contributed by atoms with E-state index in [-0.39, 0.29) is 11.6 Å². The second-order valence-electron chi connectivity index (χ2n) is 6.99. The monoisotopic (exact) mass is 369 g/mol. The van der Waals surface area contributed by atoms with Crippen molar-refractivity contribution in [2.24, 2.45) is 5.92 Å². The van der Waals surface area contributed by atoms with Crippen molar-refractivity contribution < 1.29 is 9.53 Å². The van der Waals surface area contributed by atoms with Crippen LogP contribution in [0.3, 0.4) is 0 Å². The second kappa shape index (κ2) is 8.68. The van der Waals surface area contributed by atoms with E-state index in [1.165, 1.54) is 5.56 Å². The van der Waals surface area contributed by atoms with Crippen LogP contribution in [-0.4, -0.2) is 18.6 Å². The summed E-state index contributed by atoms with van der Waals surface area (Å²) in [7, 11) is 0. The average Bonchev–Trinajstić information content (AvgIpc) is 2.35. The van der Waals surface area contributed by atoms with Crippen molar-refractivity contribution >= 4 is 22.3 Å². The lowest BCUT2D eigenvalue weighted by Gasteiger charge is -2.24. The molecule has 0 fully saturated rings. The minimum absolute atomic E-state index is 0.0401. The Labute approximate surface area is 143 Å². The van der Waals surface area contributed by atoms with E-state index in [0.29, 0.717) is 5.92 Å². The molecule has 1 rings (SSSR count). The first-order valence-electron chi connectivity index (χ1n) is 7.82. The lowest BCUT2D eigenvalue weighted by atomic mass is 9.93. The first kappa shape index (κ1) is 19.2. The van der Waals surface area contributed by atoms with Gasteiger partial charge in [-0.2, -0.15) is 0 Å². The van der Waals surface area contributed by atoms with Crippen LogP contribution >= 0.6 is 15.9 Å². The molecule has 0 radical (unpaired) electrons. The van der Waals surface area contributed by atoms with Crippen LogP contribution in [0.4, 0.5) is 0 Å². The summed E-state index contributed by atoms with van der Waals surface area (Å²) in [6.45, 7) is 11.2. The predicted octanol–water partition coefficient (Wildman–Crippen LogP) is 4.78. The van der Waals surface area contributed by atoms with Crippen LogP contribution in [0.2, 0.25) is 0 Å². The number of carbonyl (C=O) groups excluding carboxylic acids is 1. The molecule has 0 spiro atoms. The van der Waals surface area contributed by atoms with Gasteiger partial charge in [0.15, 0.2) is 0 Å². The first-order valence-corrected chi connectivity index (χ1v) is 8.61. The summed E-state index contributed by atoms with van der Waals surface area (Å²) in [5.41, 5.74) is 2.23.